The van der Waals surface area contributed by atoms with Crippen molar-refractivity contribution in [2.24, 2.45) is 5.10 Å². The van der Waals surface area contributed by atoms with Crippen LogP contribution in [0, 0.1) is 10.1 Å². The molecule has 13 heteroatoms. The van der Waals surface area contributed by atoms with Crippen LogP contribution in [0.4, 0.5) is 5.69 Å². The fourth-order valence-corrected chi connectivity index (χ4v) is 3.80. The number of amides is 1. The molecule has 0 saturated heterocycles. The molecule has 0 saturated carbocycles. The molecule has 0 bridgehead atoms. The molecule has 1 atom stereocenters. The van der Waals surface area contributed by atoms with Crippen LogP contribution >= 0.6 is 11.8 Å². The summed E-state index contributed by atoms with van der Waals surface area (Å²) in [7, 11) is 1.27. The van der Waals surface area contributed by atoms with Gasteiger partial charge in [0.15, 0.2) is 22.5 Å². The molecule has 0 aliphatic rings. The van der Waals surface area contributed by atoms with Gasteiger partial charge in [0.25, 0.3) is 11.6 Å². The fourth-order valence-electron chi connectivity index (χ4n) is 2.93. The van der Waals surface area contributed by atoms with Gasteiger partial charge in [-0.1, -0.05) is 36.0 Å². The number of ether oxygens (including phenoxy) is 2. The number of aromatic nitrogens is 3. The zero-order valence-corrected chi connectivity index (χ0v) is 20.3. The van der Waals surface area contributed by atoms with Crippen LogP contribution in [0.5, 0.6) is 17.2 Å². The highest BCUT2D eigenvalue weighted by Crippen LogP contribution is 2.33. The number of nitro benzene ring substituents is 1. The van der Waals surface area contributed by atoms with E-state index in [1.54, 1.807) is 17.6 Å². The highest BCUT2D eigenvalue weighted by molar-refractivity contribution is 8.00. The van der Waals surface area contributed by atoms with Crippen molar-refractivity contribution in [2.45, 2.75) is 30.5 Å². The van der Waals surface area contributed by atoms with Crippen LogP contribution in [0.25, 0.3) is 0 Å². The molecule has 0 aliphatic carbocycles. The summed E-state index contributed by atoms with van der Waals surface area (Å²) in [4.78, 5) is 23.0. The largest absolute Gasteiger partial charge is 0.504 e. The maximum atomic E-state index is 12.6. The zero-order valence-electron chi connectivity index (χ0n) is 19.5. The summed E-state index contributed by atoms with van der Waals surface area (Å²) >= 11 is 1.16. The summed E-state index contributed by atoms with van der Waals surface area (Å²) in [5, 5.41) is 33.3. The fraction of sp³-hybridized carbons (Fsp3) is 0.217. The lowest BCUT2D eigenvalue weighted by molar-refractivity contribution is -0.385. The molecular formula is C23H24N6O6S. The third-order valence-electron chi connectivity index (χ3n) is 4.77. The quantitative estimate of drug-likeness (QED) is 0.122. The van der Waals surface area contributed by atoms with Gasteiger partial charge < -0.3 is 14.6 Å². The standard InChI is InChI=1S/C23H24N6O6S/c1-4-10-28-20(14-35-18-8-6-5-7-9-18)25-27-23(28)36-15(2)22(31)26-24-13-16-11-17(29(32)33)12-19(34-3)21(16)30/h4-9,11-13,15,30H,1,10,14H2,2-3H3,(H,26,31)/b24-13+. The molecule has 36 heavy (non-hydrogen) atoms. The molecule has 1 aromatic heterocycles. The van der Waals surface area contributed by atoms with E-state index < -0.39 is 16.1 Å². The minimum Gasteiger partial charge on any atom is -0.504 e. The summed E-state index contributed by atoms with van der Waals surface area (Å²) in [6, 6.07) is 11.5. The maximum Gasteiger partial charge on any atom is 0.274 e. The zero-order chi connectivity index (χ0) is 26.1. The van der Waals surface area contributed by atoms with Crippen LogP contribution in [-0.4, -0.2) is 49.3 Å². The average molecular weight is 513 g/mol. The molecule has 0 spiro atoms. The number of non-ortho nitro benzene ring substituents is 1. The number of phenols is 1. The van der Waals surface area contributed by atoms with Crippen molar-refractivity contribution < 1.29 is 24.3 Å². The number of hydrazone groups is 1. The first-order chi connectivity index (χ1) is 17.3. The summed E-state index contributed by atoms with van der Waals surface area (Å²) < 4.78 is 12.5. The highest BCUT2D eigenvalue weighted by atomic mass is 32.2. The Morgan fingerprint density at radius 1 is 1.36 bits per heavy atom. The lowest BCUT2D eigenvalue weighted by Crippen LogP contribution is -2.27. The molecule has 3 aromatic rings. The van der Waals surface area contributed by atoms with Crippen LogP contribution in [0.2, 0.25) is 0 Å². The molecule has 1 unspecified atom stereocenters. The SMILES string of the molecule is C=CCn1c(COc2ccccc2)nnc1SC(C)C(=O)N/N=C/c1cc([N+](=O)[O-])cc(OC)c1O. The lowest BCUT2D eigenvalue weighted by atomic mass is 10.2. The van der Waals surface area contributed by atoms with E-state index in [0.29, 0.717) is 23.3 Å². The second-order valence-corrected chi connectivity index (χ2v) is 8.55. The van der Waals surface area contributed by atoms with Crippen molar-refractivity contribution >= 4 is 29.6 Å². The smallest absolute Gasteiger partial charge is 0.274 e. The molecule has 1 heterocycles. The van der Waals surface area contributed by atoms with Crippen LogP contribution in [0.3, 0.4) is 0 Å². The van der Waals surface area contributed by atoms with Gasteiger partial charge in [0.1, 0.15) is 12.4 Å². The van der Waals surface area contributed by atoms with Crippen LogP contribution < -0.4 is 14.9 Å². The Hall–Kier alpha value is -4.39. The van der Waals surface area contributed by atoms with Crippen LogP contribution in [0.15, 0.2) is 65.4 Å². The maximum absolute atomic E-state index is 12.6. The Bertz CT molecular complexity index is 1260. The number of methoxy groups -OCH3 is 1. The Balaban J connectivity index is 1.66. The number of carbonyl (C=O) groups excluding carboxylic acids is 1. The van der Waals surface area contributed by atoms with E-state index in [1.807, 2.05) is 30.3 Å². The van der Waals surface area contributed by atoms with Crippen molar-refractivity contribution in [1.82, 2.24) is 20.2 Å². The van der Waals surface area contributed by atoms with Gasteiger partial charge in [-0.15, -0.1) is 16.8 Å². The van der Waals surface area contributed by atoms with Gasteiger partial charge >= 0.3 is 0 Å². The second kappa shape index (κ2) is 12.4. The number of rotatable bonds is 12. The van der Waals surface area contributed by atoms with Crippen molar-refractivity contribution in [3.63, 3.8) is 0 Å². The molecule has 0 aliphatic heterocycles. The van der Waals surface area contributed by atoms with Crippen molar-refractivity contribution in [2.75, 3.05) is 7.11 Å². The van der Waals surface area contributed by atoms with Crippen molar-refractivity contribution in [3.05, 3.63) is 76.6 Å². The number of nitrogens with zero attached hydrogens (tertiary/aromatic N) is 5. The summed E-state index contributed by atoms with van der Waals surface area (Å²) in [6.45, 7) is 6.03. The predicted octanol–water partition coefficient (Wildman–Crippen LogP) is 3.30. The molecule has 2 aromatic carbocycles. The number of para-hydroxylation sites is 1. The van der Waals surface area contributed by atoms with Gasteiger partial charge in [-0.2, -0.15) is 5.10 Å². The van der Waals surface area contributed by atoms with E-state index in [2.05, 4.69) is 27.3 Å². The molecule has 1 amide bonds. The molecule has 188 valence electrons. The topological polar surface area (TPSA) is 154 Å². The molecule has 0 fully saturated rings. The Morgan fingerprint density at radius 2 is 2.11 bits per heavy atom. The van der Waals surface area contributed by atoms with Gasteiger partial charge in [0, 0.05) is 18.2 Å². The first-order valence-corrected chi connectivity index (χ1v) is 11.5. The Labute approximate surface area is 210 Å². The molecule has 3 rings (SSSR count). The Morgan fingerprint density at radius 3 is 2.78 bits per heavy atom. The van der Waals surface area contributed by atoms with Gasteiger partial charge in [-0.3, -0.25) is 19.5 Å². The minimum atomic E-state index is -0.630. The number of benzene rings is 2. The van der Waals surface area contributed by atoms with Gasteiger partial charge in [0.2, 0.25) is 0 Å². The summed E-state index contributed by atoms with van der Waals surface area (Å²) in [5.41, 5.74) is 2.07. The monoisotopic (exact) mass is 512 g/mol. The van der Waals surface area contributed by atoms with Crippen LogP contribution in [0.1, 0.15) is 18.3 Å². The number of carbonyl (C=O) groups is 1. The first kappa shape index (κ1) is 26.2. The molecule has 2 N–H and O–H groups in total. The molecular weight excluding hydrogens is 488 g/mol. The number of allylic oxidation sites excluding steroid dienone is 1. The minimum absolute atomic E-state index is 0.00967. The lowest BCUT2D eigenvalue weighted by Gasteiger charge is -2.12. The van der Waals surface area contributed by atoms with Crippen molar-refractivity contribution in [3.8, 4) is 17.2 Å². The van der Waals surface area contributed by atoms with Crippen LogP contribution in [-0.2, 0) is 17.9 Å². The van der Waals surface area contributed by atoms with E-state index >= 15 is 0 Å². The van der Waals surface area contributed by atoms with Crippen molar-refractivity contribution in [1.29, 1.82) is 0 Å². The summed E-state index contributed by atoms with van der Waals surface area (Å²) in [5.74, 6) is 0.379. The number of thioether (sulfide) groups is 1. The number of hydrogen-bond acceptors (Lipinski definition) is 10. The number of hydrogen-bond donors (Lipinski definition) is 2. The van der Waals surface area contributed by atoms with E-state index in [9.17, 15) is 20.0 Å². The number of phenolic OH excluding ortho intramolecular Hbond substituents is 1. The van der Waals surface area contributed by atoms with Gasteiger partial charge in [-0.05, 0) is 19.1 Å². The third kappa shape index (κ3) is 6.60. The highest BCUT2D eigenvalue weighted by Gasteiger charge is 2.20. The first-order valence-electron chi connectivity index (χ1n) is 10.6. The molecule has 12 nitrogen and oxygen atoms in total. The second-order valence-electron chi connectivity index (χ2n) is 7.24. The van der Waals surface area contributed by atoms with E-state index in [0.717, 1.165) is 30.1 Å². The van der Waals surface area contributed by atoms with Gasteiger partial charge in [0.05, 0.1) is 29.6 Å². The van der Waals surface area contributed by atoms with E-state index in [-0.39, 0.29) is 29.4 Å². The number of nitro groups is 1. The normalized spacial score (nSPS) is 11.7. The number of nitrogens with one attached hydrogen (secondary N) is 1. The Kier molecular flexibility index (Phi) is 9.00. The van der Waals surface area contributed by atoms with E-state index in [4.69, 9.17) is 9.47 Å². The molecule has 0 radical (unpaired) electrons. The predicted molar refractivity (Wildman–Crippen MR) is 133 cm³/mol. The number of aromatic hydroxyl groups is 1. The van der Waals surface area contributed by atoms with Gasteiger partial charge in [-0.25, -0.2) is 5.43 Å². The summed E-state index contributed by atoms with van der Waals surface area (Å²) in [6.07, 6.45) is 2.79. The van der Waals surface area contributed by atoms with E-state index in [1.165, 1.54) is 7.11 Å². The third-order valence-corrected chi connectivity index (χ3v) is 5.85. The average Bonchev–Trinajstić information content (AvgIpc) is 3.25.